The minimum atomic E-state index is 0.320. The SMILES string of the molecule is CCCC1CC1Nc1nc(NN)nc(-n2cccn2)n1. The standard InChI is InChI=1S/C12H18N8/c1-2-4-8-7-9(8)15-10-16-11(19-13)18-12(17-10)20-6-3-5-14-20/h3,5-6,8-9H,2,4,7,13H2,1H3,(H2,15,16,17,18,19). The van der Waals surface area contributed by atoms with Crippen LogP contribution in [0.15, 0.2) is 18.5 Å². The zero-order valence-electron chi connectivity index (χ0n) is 11.3. The van der Waals surface area contributed by atoms with Crippen LogP contribution in [-0.4, -0.2) is 30.8 Å². The molecule has 106 valence electrons. The average molecular weight is 274 g/mol. The summed E-state index contributed by atoms with van der Waals surface area (Å²) in [4.78, 5) is 12.8. The van der Waals surface area contributed by atoms with Gasteiger partial charge in [-0.2, -0.15) is 20.1 Å². The maximum Gasteiger partial charge on any atom is 0.257 e. The Kier molecular flexibility index (Phi) is 3.46. The summed E-state index contributed by atoms with van der Waals surface area (Å²) < 4.78 is 1.57. The largest absolute Gasteiger partial charge is 0.351 e. The van der Waals surface area contributed by atoms with E-state index in [1.807, 2.05) is 6.07 Å². The number of hydrazine groups is 1. The minimum absolute atomic E-state index is 0.320. The molecule has 1 aliphatic carbocycles. The topological polar surface area (TPSA) is 107 Å². The number of nitrogen functional groups attached to an aromatic ring is 1. The van der Waals surface area contributed by atoms with Crippen molar-refractivity contribution in [1.29, 1.82) is 0 Å². The van der Waals surface area contributed by atoms with Crippen molar-refractivity contribution in [2.24, 2.45) is 11.8 Å². The molecule has 1 aliphatic rings. The highest BCUT2D eigenvalue weighted by Gasteiger charge is 2.36. The molecule has 2 aromatic rings. The molecule has 8 nitrogen and oxygen atoms in total. The number of hydrogen-bond donors (Lipinski definition) is 3. The molecule has 0 spiro atoms. The molecule has 0 amide bonds. The average Bonchev–Trinajstić information content (AvgIpc) is 2.97. The van der Waals surface area contributed by atoms with E-state index < -0.39 is 0 Å². The highest BCUT2D eigenvalue weighted by atomic mass is 15.4. The number of nitrogens with one attached hydrogen (secondary N) is 2. The molecule has 2 heterocycles. The summed E-state index contributed by atoms with van der Waals surface area (Å²) in [5, 5.41) is 7.44. The number of aromatic nitrogens is 5. The lowest BCUT2D eigenvalue weighted by Crippen LogP contribution is -2.17. The second-order valence-corrected chi connectivity index (χ2v) is 4.91. The summed E-state index contributed by atoms with van der Waals surface area (Å²) in [6, 6.07) is 2.26. The summed E-state index contributed by atoms with van der Waals surface area (Å²) in [5.41, 5.74) is 2.46. The van der Waals surface area contributed by atoms with Crippen LogP contribution in [0.5, 0.6) is 0 Å². The van der Waals surface area contributed by atoms with Gasteiger partial charge in [0.15, 0.2) is 0 Å². The second kappa shape index (κ2) is 5.41. The van der Waals surface area contributed by atoms with E-state index in [2.05, 4.69) is 37.7 Å². The van der Waals surface area contributed by atoms with Gasteiger partial charge in [0, 0.05) is 18.4 Å². The summed E-state index contributed by atoms with van der Waals surface area (Å²) in [6.45, 7) is 2.20. The first-order valence-electron chi connectivity index (χ1n) is 6.79. The molecular formula is C12H18N8. The molecule has 0 saturated heterocycles. The number of nitrogens with zero attached hydrogens (tertiary/aromatic N) is 5. The normalized spacial score (nSPS) is 20.7. The van der Waals surface area contributed by atoms with Gasteiger partial charge >= 0.3 is 0 Å². The minimum Gasteiger partial charge on any atom is -0.351 e. The van der Waals surface area contributed by atoms with E-state index in [9.17, 15) is 0 Å². The van der Waals surface area contributed by atoms with Crippen molar-refractivity contribution < 1.29 is 0 Å². The lowest BCUT2D eigenvalue weighted by Gasteiger charge is -2.08. The van der Waals surface area contributed by atoms with Gasteiger partial charge in [-0.3, -0.25) is 5.43 Å². The first-order valence-corrected chi connectivity index (χ1v) is 6.79. The Morgan fingerprint density at radius 2 is 2.20 bits per heavy atom. The van der Waals surface area contributed by atoms with E-state index in [-0.39, 0.29) is 0 Å². The third kappa shape index (κ3) is 2.69. The van der Waals surface area contributed by atoms with Crippen molar-refractivity contribution >= 4 is 11.9 Å². The molecule has 2 atom stereocenters. The van der Waals surface area contributed by atoms with E-state index in [0.717, 1.165) is 5.92 Å². The van der Waals surface area contributed by atoms with Crippen molar-refractivity contribution in [3.63, 3.8) is 0 Å². The van der Waals surface area contributed by atoms with Crippen molar-refractivity contribution in [1.82, 2.24) is 24.7 Å². The third-order valence-electron chi connectivity index (χ3n) is 3.36. The zero-order chi connectivity index (χ0) is 13.9. The van der Waals surface area contributed by atoms with E-state index >= 15 is 0 Å². The molecule has 1 fully saturated rings. The van der Waals surface area contributed by atoms with Crippen LogP contribution in [0.3, 0.4) is 0 Å². The highest BCUT2D eigenvalue weighted by molar-refractivity contribution is 5.38. The van der Waals surface area contributed by atoms with E-state index in [1.165, 1.54) is 19.3 Å². The molecule has 0 aromatic carbocycles. The summed E-state index contributed by atoms with van der Waals surface area (Å²) in [6.07, 6.45) is 7.05. The van der Waals surface area contributed by atoms with Crippen LogP contribution in [0.25, 0.3) is 5.95 Å². The van der Waals surface area contributed by atoms with Crippen LogP contribution in [0.1, 0.15) is 26.2 Å². The van der Waals surface area contributed by atoms with Gasteiger partial charge in [-0.05, 0) is 24.8 Å². The Morgan fingerprint density at radius 1 is 1.35 bits per heavy atom. The Bertz CT molecular complexity index is 567. The lowest BCUT2D eigenvalue weighted by molar-refractivity contribution is 0.690. The van der Waals surface area contributed by atoms with Gasteiger partial charge < -0.3 is 5.32 Å². The predicted molar refractivity (Wildman–Crippen MR) is 75.2 cm³/mol. The van der Waals surface area contributed by atoms with Crippen molar-refractivity contribution in [3.05, 3.63) is 18.5 Å². The first-order chi connectivity index (χ1) is 9.80. The highest BCUT2D eigenvalue weighted by Crippen LogP contribution is 2.36. The molecule has 4 N–H and O–H groups in total. The van der Waals surface area contributed by atoms with E-state index in [0.29, 0.717) is 23.9 Å². The van der Waals surface area contributed by atoms with Crippen LogP contribution in [0.2, 0.25) is 0 Å². The van der Waals surface area contributed by atoms with Crippen LogP contribution < -0.4 is 16.6 Å². The molecule has 20 heavy (non-hydrogen) atoms. The molecule has 3 rings (SSSR count). The Labute approximate surface area is 116 Å². The van der Waals surface area contributed by atoms with Gasteiger partial charge in [0.05, 0.1) is 0 Å². The van der Waals surface area contributed by atoms with Crippen molar-refractivity contribution in [2.45, 2.75) is 32.2 Å². The third-order valence-corrected chi connectivity index (χ3v) is 3.36. The van der Waals surface area contributed by atoms with Crippen molar-refractivity contribution in [2.75, 3.05) is 10.7 Å². The molecule has 0 bridgehead atoms. The van der Waals surface area contributed by atoms with Gasteiger partial charge in [-0.1, -0.05) is 13.3 Å². The number of nitrogens with two attached hydrogens (primary N) is 1. The van der Waals surface area contributed by atoms with Gasteiger partial charge in [0.1, 0.15) is 0 Å². The fourth-order valence-corrected chi connectivity index (χ4v) is 2.26. The molecule has 1 saturated carbocycles. The predicted octanol–water partition coefficient (Wildman–Crippen LogP) is 0.943. The monoisotopic (exact) mass is 274 g/mol. The maximum atomic E-state index is 5.40. The number of rotatable bonds is 6. The van der Waals surface area contributed by atoms with Crippen LogP contribution in [0.4, 0.5) is 11.9 Å². The Hall–Kier alpha value is -2.22. The second-order valence-electron chi connectivity index (χ2n) is 4.91. The Morgan fingerprint density at radius 3 is 2.90 bits per heavy atom. The number of hydrogen-bond acceptors (Lipinski definition) is 7. The molecule has 2 unspecified atom stereocenters. The molecule has 2 aromatic heterocycles. The lowest BCUT2D eigenvalue weighted by atomic mass is 10.2. The maximum absolute atomic E-state index is 5.40. The van der Waals surface area contributed by atoms with E-state index in [1.54, 1.807) is 17.1 Å². The van der Waals surface area contributed by atoms with Crippen LogP contribution in [-0.2, 0) is 0 Å². The van der Waals surface area contributed by atoms with Crippen LogP contribution in [0, 0.1) is 5.92 Å². The van der Waals surface area contributed by atoms with Gasteiger partial charge in [-0.15, -0.1) is 0 Å². The number of anilines is 2. The molecule has 8 heteroatoms. The molecular weight excluding hydrogens is 256 g/mol. The van der Waals surface area contributed by atoms with Gasteiger partial charge in [-0.25, -0.2) is 10.5 Å². The fourth-order valence-electron chi connectivity index (χ4n) is 2.26. The van der Waals surface area contributed by atoms with Gasteiger partial charge in [0.25, 0.3) is 5.95 Å². The summed E-state index contributed by atoms with van der Waals surface area (Å²) in [5.74, 6) is 7.41. The fraction of sp³-hybridized carbons (Fsp3) is 0.500. The first kappa shape index (κ1) is 12.8. The summed E-state index contributed by atoms with van der Waals surface area (Å²) >= 11 is 0. The van der Waals surface area contributed by atoms with Crippen LogP contribution >= 0.6 is 0 Å². The quantitative estimate of drug-likeness (QED) is 0.531. The van der Waals surface area contributed by atoms with Gasteiger partial charge in [0.2, 0.25) is 11.9 Å². The summed E-state index contributed by atoms with van der Waals surface area (Å²) in [7, 11) is 0. The Balaban J connectivity index is 1.79. The molecule has 0 aliphatic heterocycles. The smallest absolute Gasteiger partial charge is 0.257 e. The molecule has 0 radical (unpaired) electrons. The zero-order valence-corrected chi connectivity index (χ0v) is 11.3. The van der Waals surface area contributed by atoms with Crippen molar-refractivity contribution in [3.8, 4) is 5.95 Å². The van der Waals surface area contributed by atoms with E-state index in [4.69, 9.17) is 5.84 Å².